The summed E-state index contributed by atoms with van der Waals surface area (Å²) in [7, 11) is 0. The SMILES string of the molecule is c1ccc(N(c2ccc(-c3ccc(-c4ccc(-c5ccc6ccc7cccc8oc5c6c78)cc4)cc3)cc2)c2cccc3ccccc23)cc1. The number of rotatable bonds is 6. The summed E-state index contributed by atoms with van der Waals surface area (Å²) >= 11 is 0. The quantitative estimate of drug-likeness (QED) is 0.169. The van der Waals surface area contributed by atoms with Crippen molar-refractivity contribution in [2.75, 3.05) is 4.90 Å². The van der Waals surface area contributed by atoms with Gasteiger partial charge in [-0.15, -0.1) is 0 Å². The summed E-state index contributed by atoms with van der Waals surface area (Å²) in [6.45, 7) is 0. The molecule has 10 rings (SSSR count). The van der Waals surface area contributed by atoms with Gasteiger partial charge in [0.2, 0.25) is 0 Å². The maximum atomic E-state index is 6.45. The Labute approximate surface area is 290 Å². The van der Waals surface area contributed by atoms with Crippen molar-refractivity contribution in [3.63, 3.8) is 0 Å². The van der Waals surface area contributed by atoms with Gasteiger partial charge in [-0.3, -0.25) is 0 Å². The molecule has 9 aromatic carbocycles. The van der Waals surface area contributed by atoms with Crippen LogP contribution >= 0.6 is 0 Å². The van der Waals surface area contributed by atoms with Crippen molar-refractivity contribution in [2.24, 2.45) is 0 Å². The maximum Gasteiger partial charge on any atom is 0.143 e. The van der Waals surface area contributed by atoms with Crippen LogP contribution in [0, 0.1) is 0 Å². The van der Waals surface area contributed by atoms with Gasteiger partial charge in [0.1, 0.15) is 11.2 Å². The van der Waals surface area contributed by atoms with Crippen molar-refractivity contribution >= 4 is 60.5 Å². The Kier molecular flexibility index (Phi) is 6.53. The molecule has 2 heteroatoms. The second kappa shape index (κ2) is 11.5. The Morgan fingerprint density at radius 1 is 0.340 bits per heavy atom. The van der Waals surface area contributed by atoms with Crippen LogP contribution in [0.25, 0.3) is 76.9 Å². The van der Waals surface area contributed by atoms with Gasteiger partial charge in [-0.2, -0.15) is 0 Å². The van der Waals surface area contributed by atoms with Gasteiger partial charge in [0.25, 0.3) is 0 Å². The van der Waals surface area contributed by atoms with Gasteiger partial charge in [-0.25, -0.2) is 0 Å². The fourth-order valence-electron chi connectivity index (χ4n) is 7.56. The normalized spacial score (nSPS) is 11.6. The van der Waals surface area contributed by atoms with E-state index in [2.05, 4.69) is 193 Å². The fraction of sp³-hybridized carbons (Fsp3) is 0. The Morgan fingerprint density at radius 3 is 1.58 bits per heavy atom. The Hall–Kier alpha value is -6.64. The monoisotopic (exact) mass is 637 g/mol. The van der Waals surface area contributed by atoms with Gasteiger partial charge in [-0.1, -0.05) is 146 Å². The largest absolute Gasteiger partial charge is 0.455 e. The number of nitrogens with zero attached hydrogens (tertiary/aromatic N) is 1. The third-order valence-electron chi connectivity index (χ3n) is 10.0. The molecule has 0 aliphatic rings. The van der Waals surface area contributed by atoms with Crippen LogP contribution in [0.1, 0.15) is 0 Å². The minimum Gasteiger partial charge on any atom is -0.455 e. The first-order chi connectivity index (χ1) is 24.8. The minimum atomic E-state index is 0.945. The summed E-state index contributed by atoms with van der Waals surface area (Å²) in [5, 5.41) is 7.31. The van der Waals surface area contributed by atoms with Gasteiger partial charge in [-0.05, 0) is 86.4 Å². The topological polar surface area (TPSA) is 16.4 Å². The molecule has 1 heterocycles. The summed E-state index contributed by atoms with van der Waals surface area (Å²) in [5.41, 5.74) is 12.4. The molecule has 0 saturated heterocycles. The number of hydrogen-bond acceptors (Lipinski definition) is 2. The first-order valence-electron chi connectivity index (χ1n) is 17.1. The third kappa shape index (κ3) is 4.65. The molecule has 0 spiro atoms. The molecule has 50 heavy (non-hydrogen) atoms. The second-order valence-electron chi connectivity index (χ2n) is 12.9. The molecule has 0 unspecified atom stereocenters. The molecule has 0 fully saturated rings. The van der Waals surface area contributed by atoms with Crippen LogP contribution in [-0.4, -0.2) is 0 Å². The van der Waals surface area contributed by atoms with Crippen LogP contribution in [0.2, 0.25) is 0 Å². The summed E-state index contributed by atoms with van der Waals surface area (Å²) in [5.74, 6) is 0. The predicted molar refractivity (Wildman–Crippen MR) is 211 cm³/mol. The van der Waals surface area contributed by atoms with Crippen molar-refractivity contribution in [2.45, 2.75) is 0 Å². The van der Waals surface area contributed by atoms with E-state index >= 15 is 0 Å². The van der Waals surface area contributed by atoms with E-state index in [0.29, 0.717) is 0 Å². The smallest absolute Gasteiger partial charge is 0.143 e. The van der Waals surface area contributed by atoms with Gasteiger partial charge in [0.05, 0.1) is 5.69 Å². The first kappa shape index (κ1) is 28.4. The van der Waals surface area contributed by atoms with Crippen LogP contribution in [0.15, 0.2) is 192 Å². The molecule has 0 N–H and O–H groups in total. The molecule has 0 amide bonds. The summed E-state index contributed by atoms with van der Waals surface area (Å²) in [6, 6.07) is 67.4. The second-order valence-corrected chi connectivity index (χ2v) is 12.9. The minimum absolute atomic E-state index is 0.945. The number of para-hydroxylation sites is 1. The average molecular weight is 638 g/mol. The number of furan rings is 1. The van der Waals surface area contributed by atoms with E-state index in [4.69, 9.17) is 4.42 Å². The van der Waals surface area contributed by atoms with E-state index in [9.17, 15) is 0 Å². The van der Waals surface area contributed by atoms with Crippen molar-refractivity contribution in [3.8, 4) is 33.4 Å². The van der Waals surface area contributed by atoms with Crippen LogP contribution in [0.5, 0.6) is 0 Å². The van der Waals surface area contributed by atoms with Crippen molar-refractivity contribution in [1.82, 2.24) is 0 Å². The highest BCUT2D eigenvalue weighted by Crippen LogP contribution is 2.42. The van der Waals surface area contributed by atoms with Crippen LogP contribution in [0.4, 0.5) is 17.1 Å². The Bertz CT molecular complexity index is 2770. The standard InChI is InChI=1S/C48H31NO/c1-2-11-40(12-3-1)49(44-14-6-9-36-8-4-5-13-42(36)44)41-29-26-35(27-30-41)33-18-16-32(17-19-33)34-20-22-37(23-21-34)43-31-28-39-25-24-38-10-7-15-45-46(38)47(39)48(43)50-45/h1-31H. The molecule has 0 aliphatic heterocycles. The molecule has 0 bridgehead atoms. The Morgan fingerprint density at radius 2 is 0.860 bits per heavy atom. The van der Waals surface area contributed by atoms with E-state index in [0.717, 1.165) is 39.4 Å². The summed E-state index contributed by atoms with van der Waals surface area (Å²) in [4.78, 5) is 2.34. The van der Waals surface area contributed by atoms with E-state index in [1.807, 2.05) is 0 Å². The maximum absolute atomic E-state index is 6.45. The lowest BCUT2D eigenvalue weighted by Gasteiger charge is -2.27. The van der Waals surface area contributed by atoms with E-state index in [1.54, 1.807) is 0 Å². The highest BCUT2D eigenvalue weighted by atomic mass is 16.3. The number of anilines is 3. The van der Waals surface area contributed by atoms with Crippen LogP contribution in [0.3, 0.4) is 0 Å². The highest BCUT2D eigenvalue weighted by molar-refractivity contribution is 6.24. The number of fused-ring (bicyclic) bond motifs is 1. The first-order valence-corrected chi connectivity index (χ1v) is 17.1. The fourth-order valence-corrected chi connectivity index (χ4v) is 7.56. The highest BCUT2D eigenvalue weighted by Gasteiger charge is 2.17. The molecule has 1 aromatic heterocycles. The lowest BCUT2D eigenvalue weighted by atomic mass is 9.95. The van der Waals surface area contributed by atoms with Crippen molar-refractivity contribution in [1.29, 1.82) is 0 Å². The van der Waals surface area contributed by atoms with Crippen molar-refractivity contribution < 1.29 is 4.42 Å². The molecule has 0 atom stereocenters. The van der Waals surface area contributed by atoms with E-state index in [1.165, 1.54) is 54.6 Å². The molecule has 0 radical (unpaired) electrons. The molecule has 0 saturated carbocycles. The summed E-state index contributed by atoms with van der Waals surface area (Å²) in [6.07, 6.45) is 0. The number of hydrogen-bond donors (Lipinski definition) is 0. The average Bonchev–Trinajstić information content (AvgIpc) is 3.59. The zero-order valence-electron chi connectivity index (χ0n) is 27.3. The molecule has 0 aliphatic carbocycles. The molecule has 10 aromatic rings. The van der Waals surface area contributed by atoms with Gasteiger partial charge < -0.3 is 9.32 Å². The van der Waals surface area contributed by atoms with E-state index < -0.39 is 0 Å². The third-order valence-corrected chi connectivity index (χ3v) is 10.0. The van der Waals surface area contributed by atoms with E-state index in [-0.39, 0.29) is 0 Å². The zero-order chi connectivity index (χ0) is 33.0. The van der Waals surface area contributed by atoms with Crippen LogP contribution < -0.4 is 4.90 Å². The molecule has 234 valence electrons. The van der Waals surface area contributed by atoms with Gasteiger partial charge in [0.15, 0.2) is 0 Å². The number of benzene rings is 9. The van der Waals surface area contributed by atoms with Crippen LogP contribution in [-0.2, 0) is 0 Å². The molecular formula is C48H31NO. The van der Waals surface area contributed by atoms with Crippen molar-refractivity contribution in [3.05, 3.63) is 188 Å². The van der Waals surface area contributed by atoms with Gasteiger partial charge >= 0.3 is 0 Å². The summed E-state index contributed by atoms with van der Waals surface area (Å²) < 4.78 is 6.45. The lowest BCUT2D eigenvalue weighted by molar-refractivity contribution is 0.670. The predicted octanol–water partition coefficient (Wildman–Crippen LogP) is 13.8. The Balaban J connectivity index is 0.940. The molecule has 2 nitrogen and oxygen atoms in total. The molecular weight excluding hydrogens is 607 g/mol. The van der Waals surface area contributed by atoms with Gasteiger partial charge in [0, 0.05) is 33.1 Å². The zero-order valence-corrected chi connectivity index (χ0v) is 27.3. The lowest BCUT2D eigenvalue weighted by Crippen LogP contribution is -2.10.